The molecule has 0 amide bonds. The summed E-state index contributed by atoms with van der Waals surface area (Å²) >= 11 is 0. The van der Waals surface area contributed by atoms with E-state index in [0.29, 0.717) is 0 Å². The van der Waals surface area contributed by atoms with Gasteiger partial charge in [0.05, 0.1) is 0 Å². The van der Waals surface area contributed by atoms with Crippen molar-refractivity contribution in [3.63, 3.8) is 0 Å². The minimum atomic E-state index is 0.150. The fourth-order valence-electron chi connectivity index (χ4n) is 1.52. The average molecular weight is 166 g/mol. The number of carbonyl (C=O) groups is 2. The van der Waals surface area contributed by atoms with Gasteiger partial charge < -0.3 is 0 Å². The Kier molecular flexibility index (Phi) is 2.79. The molecule has 0 aromatic rings. The monoisotopic (exact) mass is 166 g/mol. The lowest BCUT2D eigenvalue weighted by molar-refractivity contribution is -0.121. The minimum Gasteiger partial charge on any atom is -0.300 e. The molecule has 1 atom stereocenters. The van der Waals surface area contributed by atoms with E-state index in [4.69, 9.17) is 0 Å². The minimum absolute atomic E-state index is 0.150. The largest absolute Gasteiger partial charge is 0.300 e. The molecule has 1 unspecified atom stereocenters. The molecule has 2 nitrogen and oxygen atoms in total. The maximum atomic E-state index is 11.0. The maximum Gasteiger partial charge on any atom is 0.155 e. The van der Waals surface area contributed by atoms with Crippen molar-refractivity contribution in [1.82, 2.24) is 0 Å². The molecule has 0 N–H and O–H groups in total. The third-order valence-electron chi connectivity index (χ3n) is 2.44. The van der Waals surface area contributed by atoms with Crippen LogP contribution >= 0.6 is 0 Å². The van der Waals surface area contributed by atoms with E-state index >= 15 is 0 Å². The van der Waals surface area contributed by atoms with Crippen LogP contribution in [0.25, 0.3) is 0 Å². The quantitative estimate of drug-likeness (QED) is 0.627. The van der Waals surface area contributed by atoms with Crippen molar-refractivity contribution in [2.24, 2.45) is 5.92 Å². The summed E-state index contributed by atoms with van der Waals surface area (Å²) in [5.41, 5.74) is 0.896. The number of hydrogen-bond donors (Lipinski definition) is 0. The van der Waals surface area contributed by atoms with Crippen molar-refractivity contribution in [1.29, 1.82) is 0 Å². The van der Waals surface area contributed by atoms with Gasteiger partial charge in [-0.15, -0.1) is 0 Å². The fourth-order valence-corrected chi connectivity index (χ4v) is 1.52. The van der Waals surface area contributed by atoms with E-state index in [1.54, 1.807) is 13.8 Å². The van der Waals surface area contributed by atoms with E-state index in [0.717, 1.165) is 24.8 Å². The molecule has 0 aliphatic heterocycles. The normalized spacial score (nSPS) is 23.2. The van der Waals surface area contributed by atoms with E-state index in [-0.39, 0.29) is 17.5 Å². The molecule has 1 aliphatic rings. The van der Waals surface area contributed by atoms with Crippen LogP contribution in [0.15, 0.2) is 11.6 Å². The van der Waals surface area contributed by atoms with Gasteiger partial charge in [-0.2, -0.15) is 0 Å². The molecular formula is C10H14O2. The number of Topliss-reactive ketones (excluding diaryl/α,β-unsaturated/α-hetero) is 2. The Balaban J connectivity index is 2.59. The van der Waals surface area contributed by atoms with Crippen molar-refractivity contribution in [3.8, 4) is 0 Å². The lowest BCUT2D eigenvalue weighted by atomic mass is 9.86. The van der Waals surface area contributed by atoms with E-state index in [9.17, 15) is 9.59 Å². The molecule has 0 saturated carbocycles. The lowest BCUT2D eigenvalue weighted by Crippen LogP contribution is -2.15. The molecule has 0 spiro atoms. The van der Waals surface area contributed by atoms with E-state index in [2.05, 4.69) is 0 Å². The predicted octanol–water partition coefficient (Wildman–Crippen LogP) is 1.89. The van der Waals surface area contributed by atoms with Gasteiger partial charge in [0.15, 0.2) is 5.78 Å². The second kappa shape index (κ2) is 3.65. The Hall–Kier alpha value is -0.920. The van der Waals surface area contributed by atoms with Crippen LogP contribution < -0.4 is 0 Å². The Morgan fingerprint density at radius 2 is 2.08 bits per heavy atom. The molecule has 0 radical (unpaired) electrons. The SMILES string of the molecule is CC(=O)C1=CCC(C(C)=O)CC1. The molecule has 0 heterocycles. The third-order valence-corrected chi connectivity index (χ3v) is 2.44. The fraction of sp³-hybridized carbons (Fsp3) is 0.600. The van der Waals surface area contributed by atoms with Gasteiger partial charge in [0.1, 0.15) is 5.78 Å². The van der Waals surface area contributed by atoms with Gasteiger partial charge in [0.2, 0.25) is 0 Å². The zero-order chi connectivity index (χ0) is 9.14. The van der Waals surface area contributed by atoms with Crippen molar-refractivity contribution in [3.05, 3.63) is 11.6 Å². The van der Waals surface area contributed by atoms with Crippen molar-refractivity contribution >= 4 is 11.6 Å². The maximum absolute atomic E-state index is 11.0. The van der Waals surface area contributed by atoms with Crippen molar-refractivity contribution in [2.75, 3.05) is 0 Å². The van der Waals surface area contributed by atoms with Gasteiger partial charge >= 0.3 is 0 Å². The van der Waals surface area contributed by atoms with Crippen LogP contribution in [0.5, 0.6) is 0 Å². The van der Waals surface area contributed by atoms with E-state index in [1.807, 2.05) is 6.08 Å². The number of allylic oxidation sites excluding steroid dienone is 2. The summed E-state index contributed by atoms with van der Waals surface area (Å²) in [7, 11) is 0. The predicted molar refractivity (Wildman–Crippen MR) is 46.8 cm³/mol. The molecule has 0 aromatic heterocycles. The lowest BCUT2D eigenvalue weighted by Gasteiger charge is -2.17. The van der Waals surface area contributed by atoms with Crippen LogP contribution in [-0.4, -0.2) is 11.6 Å². The van der Waals surface area contributed by atoms with Gasteiger partial charge in [-0.1, -0.05) is 6.08 Å². The van der Waals surface area contributed by atoms with Gasteiger partial charge in [-0.3, -0.25) is 9.59 Å². The van der Waals surface area contributed by atoms with Crippen LogP contribution in [0, 0.1) is 5.92 Å². The second-order valence-corrected chi connectivity index (χ2v) is 3.37. The van der Waals surface area contributed by atoms with Crippen molar-refractivity contribution in [2.45, 2.75) is 33.1 Å². The van der Waals surface area contributed by atoms with Crippen LogP contribution in [0.4, 0.5) is 0 Å². The molecule has 0 aromatic carbocycles. The van der Waals surface area contributed by atoms with Crippen LogP contribution in [0.2, 0.25) is 0 Å². The zero-order valence-electron chi connectivity index (χ0n) is 7.59. The molecule has 66 valence electrons. The van der Waals surface area contributed by atoms with Crippen LogP contribution in [0.1, 0.15) is 33.1 Å². The first-order valence-electron chi connectivity index (χ1n) is 4.31. The van der Waals surface area contributed by atoms with Crippen LogP contribution in [-0.2, 0) is 9.59 Å². The third kappa shape index (κ3) is 2.03. The Bertz CT molecular complexity index is 238. The number of hydrogen-bond acceptors (Lipinski definition) is 2. The molecule has 0 fully saturated rings. The highest BCUT2D eigenvalue weighted by Gasteiger charge is 2.19. The molecule has 0 bridgehead atoms. The first kappa shape index (κ1) is 9.17. The summed E-state index contributed by atoms with van der Waals surface area (Å²) in [5.74, 6) is 0.555. The van der Waals surface area contributed by atoms with E-state index in [1.165, 1.54) is 0 Å². The topological polar surface area (TPSA) is 34.1 Å². The molecule has 1 rings (SSSR count). The Morgan fingerprint density at radius 1 is 1.42 bits per heavy atom. The summed E-state index contributed by atoms with van der Waals surface area (Å²) in [6.07, 6.45) is 4.29. The van der Waals surface area contributed by atoms with Gasteiger partial charge in [-0.05, 0) is 38.7 Å². The number of rotatable bonds is 2. The Labute approximate surface area is 72.7 Å². The molecular weight excluding hydrogens is 152 g/mol. The highest BCUT2D eigenvalue weighted by molar-refractivity contribution is 5.93. The summed E-state index contributed by atoms with van der Waals surface area (Å²) in [6, 6.07) is 0. The number of ketones is 2. The summed E-state index contributed by atoms with van der Waals surface area (Å²) in [4.78, 5) is 21.9. The molecule has 12 heavy (non-hydrogen) atoms. The van der Waals surface area contributed by atoms with Gasteiger partial charge in [-0.25, -0.2) is 0 Å². The van der Waals surface area contributed by atoms with Crippen molar-refractivity contribution < 1.29 is 9.59 Å². The standard InChI is InChI=1S/C10H14O2/c1-7(11)9-3-5-10(6-4-9)8(2)12/h3,10H,4-6H2,1-2H3. The highest BCUT2D eigenvalue weighted by Crippen LogP contribution is 2.24. The summed E-state index contributed by atoms with van der Waals surface area (Å²) < 4.78 is 0. The average Bonchev–Trinajstić information content (AvgIpc) is 2.04. The molecule has 1 aliphatic carbocycles. The first-order chi connectivity index (χ1) is 5.61. The highest BCUT2D eigenvalue weighted by atomic mass is 16.1. The zero-order valence-corrected chi connectivity index (χ0v) is 7.59. The van der Waals surface area contributed by atoms with Gasteiger partial charge in [0, 0.05) is 5.92 Å². The van der Waals surface area contributed by atoms with Gasteiger partial charge in [0.25, 0.3) is 0 Å². The molecule has 0 saturated heterocycles. The van der Waals surface area contributed by atoms with Crippen LogP contribution in [0.3, 0.4) is 0 Å². The number of carbonyl (C=O) groups excluding carboxylic acids is 2. The Morgan fingerprint density at radius 3 is 2.42 bits per heavy atom. The second-order valence-electron chi connectivity index (χ2n) is 3.37. The summed E-state index contributed by atoms with van der Waals surface area (Å²) in [6.45, 7) is 3.21. The smallest absolute Gasteiger partial charge is 0.155 e. The first-order valence-corrected chi connectivity index (χ1v) is 4.31. The summed E-state index contributed by atoms with van der Waals surface area (Å²) in [5, 5.41) is 0. The molecule has 2 heteroatoms. The van der Waals surface area contributed by atoms with E-state index < -0.39 is 0 Å².